The number of anilines is 1. The molecule has 1 aromatic heterocycles. The van der Waals surface area contributed by atoms with E-state index >= 15 is 0 Å². The number of halogens is 2. The molecule has 5 heteroatoms. The molecule has 0 bridgehead atoms. The van der Waals surface area contributed by atoms with E-state index < -0.39 is 0 Å². The molecule has 1 aromatic rings. The SMILES string of the molecule is Cl.Cl.c1nc(N2CCNCC2)c(C2CC2)cc1C1CC1. The van der Waals surface area contributed by atoms with Gasteiger partial charge >= 0.3 is 0 Å². The first kappa shape index (κ1) is 15.9. The van der Waals surface area contributed by atoms with E-state index in [1.54, 1.807) is 5.56 Å². The first-order valence-corrected chi connectivity index (χ1v) is 7.37. The summed E-state index contributed by atoms with van der Waals surface area (Å²) in [5, 5.41) is 3.42. The Kier molecular flexibility index (Phi) is 5.16. The lowest BCUT2D eigenvalue weighted by atomic mass is 10.1. The van der Waals surface area contributed by atoms with Crippen LogP contribution in [0.2, 0.25) is 0 Å². The van der Waals surface area contributed by atoms with Gasteiger partial charge in [0.2, 0.25) is 0 Å². The minimum Gasteiger partial charge on any atom is -0.354 e. The second-order valence-electron chi connectivity index (χ2n) is 5.97. The van der Waals surface area contributed by atoms with Gasteiger partial charge in [-0.25, -0.2) is 4.98 Å². The average Bonchev–Trinajstić information content (AvgIpc) is 3.32. The summed E-state index contributed by atoms with van der Waals surface area (Å²) in [6.45, 7) is 4.40. The molecule has 4 rings (SSSR count). The molecular weight excluding hydrogens is 293 g/mol. The van der Waals surface area contributed by atoms with Crippen LogP contribution in [0.15, 0.2) is 12.3 Å². The number of hydrogen-bond donors (Lipinski definition) is 1. The summed E-state index contributed by atoms with van der Waals surface area (Å²) in [6.07, 6.45) is 7.63. The van der Waals surface area contributed by atoms with Gasteiger partial charge in [-0.3, -0.25) is 0 Å². The van der Waals surface area contributed by atoms with Crippen molar-refractivity contribution in [1.29, 1.82) is 0 Å². The highest BCUT2D eigenvalue weighted by molar-refractivity contribution is 5.85. The van der Waals surface area contributed by atoms with Crippen molar-refractivity contribution in [3.8, 4) is 0 Å². The van der Waals surface area contributed by atoms with E-state index in [2.05, 4.69) is 22.5 Å². The smallest absolute Gasteiger partial charge is 0.132 e. The highest BCUT2D eigenvalue weighted by Crippen LogP contribution is 2.47. The van der Waals surface area contributed by atoms with Crippen LogP contribution in [0.1, 0.15) is 48.6 Å². The van der Waals surface area contributed by atoms with E-state index in [9.17, 15) is 0 Å². The fraction of sp³-hybridized carbons (Fsp3) is 0.667. The maximum atomic E-state index is 4.82. The minimum atomic E-state index is 0. The molecule has 3 nitrogen and oxygen atoms in total. The molecule has 1 saturated heterocycles. The lowest BCUT2D eigenvalue weighted by molar-refractivity contribution is 0.583. The summed E-state index contributed by atoms with van der Waals surface area (Å²) in [4.78, 5) is 7.30. The van der Waals surface area contributed by atoms with Crippen LogP contribution in [-0.2, 0) is 0 Å². The van der Waals surface area contributed by atoms with Gasteiger partial charge in [-0.2, -0.15) is 0 Å². The molecular formula is C15H23Cl2N3. The van der Waals surface area contributed by atoms with Crippen molar-refractivity contribution in [3.63, 3.8) is 0 Å². The summed E-state index contributed by atoms with van der Waals surface area (Å²) < 4.78 is 0. The standard InChI is InChI=1S/C15H21N3.2ClH/c1-2-11(1)13-9-14(12-3-4-12)15(17-10-13)18-7-5-16-6-8-18;;/h9-12,16H,1-8H2;2*1H. The zero-order valence-corrected chi connectivity index (χ0v) is 13.3. The molecule has 3 aliphatic rings. The van der Waals surface area contributed by atoms with Gasteiger partial charge in [0, 0.05) is 32.4 Å². The fourth-order valence-electron chi connectivity index (χ4n) is 2.97. The number of nitrogens with zero attached hydrogens (tertiary/aromatic N) is 2. The summed E-state index contributed by atoms with van der Waals surface area (Å²) in [5.41, 5.74) is 3.04. The Hall–Kier alpha value is -0.510. The van der Waals surface area contributed by atoms with Crippen molar-refractivity contribution in [3.05, 3.63) is 23.4 Å². The number of nitrogens with one attached hydrogen (secondary N) is 1. The third-order valence-corrected chi connectivity index (χ3v) is 4.40. The Bertz CT molecular complexity index is 452. The van der Waals surface area contributed by atoms with Crippen LogP contribution in [-0.4, -0.2) is 31.2 Å². The van der Waals surface area contributed by atoms with Crippen molar-refractivity contribution in [1.82, 2.24) is 10.3 Å². The van der Waals surface area contributed by atoms with E-state index in [1.807, 2.05) is 0 Å². The largest absolute Gasteiger partial charge is 0.354 e. The van der Waals surface area contributed by atoms with Crippen LogP contribution in [0.25, 0.3) is 0 Å². The van der Waals surface area contributed by atoms with Gasteiger partial charge in [0.25, 0.3) is 0 Å². The second-order valence-corrected chi connectivity index (χ2v) is 5.97. The molecule has 2 saturated carbocycles. The Morgan fingerprint density at radius 2 is 1.65 bits per heavy atom. The van der Waals surface area contributed by atoms with Crippen molar-refractivity contribution in [2.24, 2.45) is 0 Å². The molecule has 1 N–H and O–H groups in total. The quantitative estimate of drug-likeness (QED) is 0.929. The molecule has 0 atom stereocenters. The summed E-state index contributed by atoms with van der Waals surface area (Å²) >= 11 is 0. The van der Waals surface area contributed by atoms with E-state index in [-0.39, 0.29) is 24.8 Å². The number of piperazine rings is 1. The predicted octanol–water partition coefficient (Wildman–Crippen LogP) is 3.09. The molecule has 1 aliphatic heterocycles. The van der Waals surface area contributed by atoms with Crippen LogP contribution < -0.4 is 10.2 Å². The summed E-state index contributed by atoms with van der Waals surface area (Å²) in [6, 6.07) is 2.47. The second kappa shape index (κ2) is 6.50. The molecule has 20 heavy (non-hydrogen) atoms. The molecule has 2 heterocycles. The topological polar surface area (TPSA) is 28.2 Å². The molecule has 0 radical (unpaired) electrons. The highest BCUT2D eigenvalue weighted by Gasteiger charge is 2.31. The summed E-state index contributed by atoms with van der Waals surface area (Å²) in [5.74, 6) is 2.91. The molecule has 0 unspecified atom stereocenters. The maximum absolute atomic E-state index is 4.82. The lowest BCUT2D eigenvalue weighted by Gasteiger charge is -2.30. The normalized spacial score (nSPS) is 21.9. The first-order chi connectivity index (χ1) is 8.92. The zero-order chi connectivity index (χ0) is 11.9. The van der Waals surface area contributed by atoms with Crippen LogP contribution in [0.5, 0.6) is 0 Å². The molecule has 0 spiro atoms. The third kappa shape index (κ3) is 3.21. The van der Waals surface area contributed by atoms with Crippen LogP contribution >= 0.6 is 24.8 Å². The molecule has 2 aliphatic carbocycles. The number of hydrogen-bond acceptors (Lipinski definition) is 3. The van der Waals surface area contributed by atoms with Crippen molar-refractivity contribution < 1.29 is 0 Å². The van der Waals surface area contributed by atoms with Gasteiger partial charge in [-0.05, 0) is 48.6 Å². The van der Waals surface area contributed by atoms with Gasteiger partial charge < -0.3 is 10.2 Å². The third-order valence-electron chi connectivity index (χ3n) is 4.40. The fourth-order valence-corrected chi connectivity index (χ4v) is 2.97. The Labute approximate surface area is 133 Å². The molecule has 0 aromatic carbocycles. The van der Waals surface area contributed by atoms with Crippen molar-refractivity contribution in [2.75, 3.05) is 31.1 Å². The van der Waals surface area contributed by atoms with Crippen molar-refractivity contribution in [2.45, 2.75) is 37.5 Å². The molecule has 112 valence electrons. The Balaban J connectivity index is 0.000000735. The number of aromatic nitrogens is 1. The van der Waals surface area contributed by atoms with Gasteiger partial charge in [0.15, 0.2) is 0 Å². The minimum absolute atomic E-state index is 0. The molecule has 0 amide bonds. The van der Waals surface area contributed by atoms with E-state index in [0.717, 1.165) is 38.0 Å². The van der Waals surface area contributed by atoms with Gasteiger partial charge in [0.05, 0.1) is 0 Å². The van der Waals surface area contributed by atoms with Crippen molar-refractivity contribution >= 4 is 30.6 Å². The predicted molar refractivity (Wildman–Crippen MR) is 87.8 cm³/mol. The average molecular weight is 316 g/mol. The highest BCUT2D eigenvalue weighted by atomic mass is 35.5. The maximum Gasteiger partial charge on any atom is 0.132 e. The Morgan fingerprint density at radius 1 is 1.00 bits per heavy atom. The van der Waals surface area contributed by atoms with E-state index in [1.165, 1.54) is 37.1 Å². The summed E-state index contributed by atoms with van der Waals surface area (Å²) in [7, 11) is 0. The molecule has 3 fully saturated rings. The van der Waals surface area contributed by atoms with Crippen LogP contribution in [0.3, 0.4) is 0 Å². The number of rotatable bonds is 3. The number of pyridine rings is 1. The van der Waals surface area contributed by atoms with E-state index in [4.69, 9.17) is 4.98 Å². The van der Waals surface area contributed by atoms with E-state index in [0.29, 0.717) is 0 Å². The lowest BCUT2D eigenvalue weighted by Crippen LogP contribution is -2.44. The van der Waals surface area contributed by atoms with Gasteiger partial charge in [0.1, 0.15) is 5.82 Å². The zero-order valence-electron chi connectivity index (χ0n) is 11.7. The van der Waals surface area contributed by atoms with Crippen LogP contribution in [0.4, 0.5) is 5.82 Å². The monoisotopic (exact) mass is 315 g/mol. The first-order valence-electron chi connectivity index (χ1n) is 7.37. The Morgan fingerprint density at radius 3 is 2.25 bits per heavy atom. The van der Waals surface area contributed by atoms with Gasteiger partial charge in [-0.15, -0.1) is 24.8 Å². The van der Waals surface area contributed by atoms with Crippen LogP contribution in [0, 0.1) is 0 Å². The van der Waals surface area contributed by atoms with Gasteiger partial charge in [-0.1, -0.05) is 6.07 Å².